The fourth-order valence-corrected chi connectivity index (χ4v) is 5.25. The van der Waals surface area contributed by atoms with Gasteiger partial charge in [0, 0.05) is 11.4 Å². The van der Waals surface area contributed by atoms with Gasteiger partial charge >= 0.3 is 0 Å². The third-order valence-corrected chi connectivity index (χ3v) is 7.02. The lowest BCUT2D eigenvalue weighted by Crippen LogP contribution is -2.36. The van der Waals surface area contributed by atoms with Gasteiger partial charge in [-0.25, -0.2) is 13.1 Å². The van der Waals surface area contributed by atoms with Crippen LogP contribution in [0, 0.1) is 10.1 Å². The number of benzene rings is 1. The molecule has 10 heteroatoms. The summed E-state index contributed by atoms with van der Waals surface area (Å²) in [5, 5.41) is 13.3. The van der Waals surface area contributed by atoms with Crippen molar-refractivity contribution in [1.29, 1.82) is 0 Å². The van der Waals surface area contributed by atoms with Crippen LogP contribution in [0.1, 0.15) is 23.8 Å². The first-order chi connectivity index (χ1) is 12.9. The molecule has 1 N–H and O–H groups in total. The molecule has 1 aliphatic rings. The Morgan fingerprint density at radius 2 is 2.07 bits per heavy atom. The van der Waals surface area contributed by atoms with Crippen molar-refractivity contribution < 1.29 is 18.1 Å². The second-order valence-electron chi connectivity index (χ2n) is 6.22. The largest absolute Gasteiger partial charge is 0.497 e. The van der Waals surface area contributed by atoms with E-state index in [-0.39, 0.29) is 23.2 Å². The number of likely N-dealkylation sites (tertiary alicyclic amines) is 1. The number of nitro groups is 1. The number of hydrogen-bond donors (Lipinski definition) is 1. The monoisotopic (exact) mass is 411 g/mol. The molecular weight excluding hydrogens is 390 g/mol. The van der Waals surface area contributed by atoms with Gasteiger partial charge < -0.3 is 4.74 Å². The molecule has 1 saturated heterocycles. The van der Waals surface area contributed by atoms with Crippen LogP contribution in [0.3, 0.4) is 0 Å². The molecule has 2 aromatic rings. The van der Waals surface area contributed by atoms with E-state index in [1.54, 1.807) is 11.3 Å². The zero-order valence-electron chi connectivity index (χ0n) is 14.8. The fraction of sp³-hybridized carbons (Fsp3) is 0.412. The summed E-state index contributed by atoms with van der Waals surface area (Å²) in [7, 11) is -2.68. The Balaban J connectivity index is 1.84. The molecule has 2 heterocycles. The number of hydrogen-bond acceptors (Lipinski definition) is 7. The Bertz CT molecular complexity index is 893. The molecule has 146 valence electrons. The molecule has 1 aliphatic heterocycles. The van der Waals surface area contributed by atoms with E-state index in [0.717, 1.165) is 36.9 Å². The fourth-order valence-electron chi connectivity index (χ4n) is 3.20. The highest BCUT2D eigenvalue weighted by Gasteiger charge is 2.30. The van der Waals surface area contributed by atoms with Gasteiger partial charge in [-0.2, -0.15) is 0 Å². The van der Waals surface area contributed by atoms with Gasteiger partial charge in [0.2, 0.25) is 10.0 Å². The summed E-state index contributed by atoms with van der Waals surface area (Å²) in [6.45, 7) is 1.98. The summed E-state index contributed by atoms with van der Waals surface area (Å²) in [5.41, 5.74) is -0.504. The van der Waals surface area contributed by atoms with E-state index < -0.39 is 20.6 Å². The zero-order valence-corrected chi connectivity index (χ0v) is 16.5. The summed E-state index contributed by atoms with van der Waals surface area (Å²) in [4.78, 5) is 13.6. The maximum absolute atomic E-state index is 12.8. The van der Waals surface area contributed by atoms with Crippen LogP contribution in [-0.2, 0) is 10.0 Å². The molecular formula is C17H21N3O5S2. The Kier molecular flexibility index (Phi) is 6.10. The van der Waals surface area contributed by atoms with E-state index in [4.69, 9.17) is 4.74 Å². The minimum atomic E-state index is -4.05. The number of nitrogens with zero attached hydrogens (tertiary/aromatic N) is 2. The second kappa shape index (κ2) is 8.34. The Hall–Kier alpha value is -2.01. The van der Waals surface area contributed by atoms with Crippen LogP contribution in [0.4, 0.5) is 5.69 Å². The van der Waals surface area contributed by atoms with E-state index in [2.05, 4.69) is 9.62 Å². The molecule has 1 fully saturated rings. The number of rotatable bonds is 8. The molecule has 8 nitrogen and oxygen atoms in total. The smallest absolute Gasteiger partial charge is 0.293 e. The predicted octanol–water partition coefficient (Wildman–Crippen LogP) is 2.78. The van der Waals surface area contributed by atoms with Crippen molar-refractivity contribution in [3.8, 4) is 5.75 Å². The average Bonchev–Trinajstić information content (AvgIpc) is 3.35. The van der Waals surface area contributed by atoms with Gasteiger partial charge in [0.05, 0.1) is 24.1 Å². The summed E-state index contributed by atoms with van der Waals surface area (Å²) in [6.07, 6.45) is 2.16. The van der Waals surface area contributed by atoms with Crippen LogP contribution in [-0.4, -0.2) is 45.0 Å². The quantitative estimate of drug-likeness (QED) is 0.529. The molecule has 1 atom stereocenters. The summed E-state index contributed by atoms with van der Waals surface area (Å²) >= 11 is 1.58. The van der Waals surface area contributed by atoms with Crippen molar-refractivity contribution in [3.63, 3.8) is 0 Å². The van der Waals surface area contributed by atoms with Crippen molar-refractivity contribution in [2.45, 2.75) is 23.8 Å². The van der Waals surface area contributed by atoms with E-state index in [9.17, 15) is 18.5 Å². The Morgan fingerprint density at radius 1 is 1.33 bits per heavy atom. The SMILES string of the molecule is COc1ccc(S(=O)(=O)NCC(c2cccs2)N2CCCC2)c([N+](=O)[O-])c1. The minimum Gasteiger partial charge on any atom is -0.497 e. The maximum atomic E-state index is 12.8. The topological polar surface area (TPSA) is 102 Å². The minimum absolute atomic E-state index is 0.0837. The molecule has 0 radical (unpaired) electrons. The molecule has 1 unspecified atom stereocenters. The molecule has 0 amide bonds. The molecule has 1 aromatic carbocycles. The first kappa shape index (κ1) is 19.7. The summed E-state index contributed by atoms with van der Waals surface area (Å²) in [5.74, 6) is 0.231. The predicted molar refractivity (Wildman–Crippen MR) is 103 cm³/mol. The van der Waals surface area contributed by atoms with Crippen LogP contribution in [0.2, 0.25) is 0 Å². The molecule has 0 spiro atoms. The lowest BCUT2D eigenvalue weighted by Gasteiger charge is -2.26. The van der Waals surface area contributed by atoms with Gasteiger partial charge in [0.25, 0.3) is 5.69 Å². The van der Waals surface area contributed by atoms with Crippen LogP contribution in [0.25, 0.3) is 0 Å². The first-order valence-electron chi connectivity index (χ1n) is 8.52. The maximum Gasteiger partial charge on any atom is 0.293 e. The highest BCUT2D eigenvalue weighted by atomic mass is 32.2. The molecule has 3 rings (SSSR count). The van der Waals surface area contributed by atoms with Gasteiger partial charge in [-0.15, -0.1) is 11.3 Å². The van der Waals surface area contributed by atoms with Gasteiger partial charge in [-0.1, -0.05) is 6.07 Å². The van der Waals surface area contributed by atoms with E-state index in [0.29, 0.717) is 0 Å². The Labute approximate surface area is 162 Å². The first-order valence-corrected chi connectivity index (χ1v) is 10.9. The highest BCUT2D eigenvalue weighted by Crippen LogP contribution is 2.30. The lowest BCUT2D eigenvalue weighted by molar-refractivity contribution is -0.387. The van der Waals surface area contributed by atoms with E-state index in [1.165, 1.54) is 19.2 Å². The van der Waals surface area contributed by atoms with Gasteiger partial charge in [-0.05, 0) is 49.5 Å². The van der Waals surface area contributed by atoms with Crippen molar-refractivity contribution in [1.82, 2.24) is 9.62 Å². The van der Waals surface area contributed by atoms with Crippen LogP contribution >= 0.6 is 11.3 Å². The number of nitrogens with one attached hydrogen (secondary N) is 1. The van der Waals surface area contributed by atoms with Gasteiger partial charge in [0.1, 0.15) is 5.75 Å². The standard InChI is InChI=1S/C17H21N3O5S2/c1-25-13-6-7-17(14(11-13)20(21)22)27(23,24)18-12-15(16-5-4-10-26-16)19-8-2-3-9-19/h4-7,10-11,15,18H,2-3,8-9,12H2,1H3. The number of methoxy groups -OCH3 is 1. The number of thiophene rings is 1. The second-order valence-corrected chi connectivity index (χ2v) is 8.93. The zero-order chi connectivity index (χ0) is 19.4. The summed E-state index contributed by atoms with van der Waals surface area (Å²) < 4.78 is 33.1. The van der Waals surface area contributed by atoms with E-state index >= 15 is 0 Å². The normalized spacial score (nSPS) is 16.3. The third kappa shape index (κ3) is 4.46. The molecule has 0 bridgehead atoms. The molecule has 27 heavy (non-hydrogen) atoms. The van der Waals surface area contributed by atoms with Crippen LogP contribution < -0.4 is 9.46 Å². The molecule has 0 aliphatic carbocycles. The van der Waals surface area contributed by atoms with Crippen molar-refractivity contribution >= 4 is 27.0 Å². The van der Waals surface area contributed by atoms with Crippen LogP contribution in [0.5, 0.6) is 5.75 Å². The van der Waals surface area contributed by atoms with Gasteiger partial charge in [-0.3, -0.25) is 15.0 Å². The number of nitro benzene ring substituents is 1. The van der Waals surface area contributed by atoms with Crippen molar-refractivity contribution in [2.24, 2.45) is 0 Å². The number of sulfonamides is 1. The molecule has 1 aromatic heterocycles. The third-order valence-electron chi connectivity index (χ3n) is 4.57. The number of ether oxygens (including phenoxy) is 1. The lowest BCUT2D eigenvalue weighted by atomic mass is 10.2. The highest BCUT2D eigenvalue weighted by molar-refractivity contribution is 7.89. The average molecular weight is 412 g/mol. The van der Waals surface area contributed by atoms with Crippen molar-refractivity contribution in [2.75, 3.05) is 26.7 Å². The summed E-state index contributed by atoms with van der Waals surface area (Å²) in [6, 6.07) is 7.56. The molecule has 0 saturated carbocycles. The van der Waals surface area contributed by atoms with Gasteiger partial charge in [0.15, 0.2) is 4.90 Å². The van der Waals surface area contributed by atoms with E-state index in [1.807, 2.05) is 17.5 Å². The Morgan fingerprint density at radius 3 is 2.67 bits per heavy atom. The van der Waals surface area contributed by atoms with Crippen LogP contribution in [0.15, 0.2) is 40.6 Å². The van der Waals surface area contributed by atoms with Crippen molar-refractivity contribution in [3.05, 3.63) is 50.7 Å².